The molecule has 0 saturated carbocycles. The van der Waals surface area contributed by atoms with Gasteiger partial charge >= 0.3 is 0 Å². The molecule has 0 unspecified atom stereocenters. The number of nitrogens with two attached hydrogens (primary N) is 1. The zero-order chi connectivity index (χ0) is 13.1. The number of nitrogens with zero attached hydrogens (tertiary/aromatic N) is 1. The van der Waals surface area contributed by atoms with Gasteiger partial charge in [-0.3, -0.25) is 4.79 Å². The molecule has 3 N–H and O–H groups in total. The normalized spacial score (nSPS) is 10.1. The predicted octanol–water partition coefficient (Wildman–Crippen LogP) is 2.99. The number of halogens is 1. The van der Waals surface area contributed by atoms with Gasteiger partial charge in [0, 0.05) is 11.9 Å². The van der Waals surface area contributed by atoms with Gasteiger partial charge in [-0.05, 0) is 52.7 Å². The van der Waals surface area contributed by atoms with Crippen LogP contribution in [0.15, 0.2) is 41.0 Å². The van der Waals surface area contributed by atoms with E-state index in [-0.39, 0.29) is 5.91 Å². The second kappa shape index (κ2) is 5.18. The van der Waals surface area contributed by atoms with E-state index in [1.54, 1.807) is 30.5 Å². The van der Waals surface area contributed by atoms with E-state index in [4.69, 9.17) is 5.73 Å². The van der Waals surface area contributed by atoms with Crippen LogP contribution in [0.1, 0.15) is 15.9 Å². The minimum atomic E-state index is -0.271. The first-order valence-corrected chi connectivity index (χ1v) is 6.15. The van der Waals surface area contributed by atoms with Crippen LogP contribution in [0.2, 0.25) is 0 Å². The number of hydrogen-bond acceptors (Lipinski definition) is 3. The molecule has 0 bridgehead atoms. The lowest BCUT2D eigenvalue weighted by Gasteiger charge is -2.08. The van der Waals surface area contributed by atoms with E-state index in [2.05, 4.69) is 26.2 Å². The summed E-state index contributed by atoms with van der Waals surface area (Å²) < 4.78 is 0.726. The van der Waals surface area contributed by atoms with Crippen LogP contribution in [0.25, 0.3) is 0 Å². The third kappa shape index (κ3) is 2.68. The molecule has 0 spiro atoms. The average Bonchev–Trinajstić information content (AvgIpc) is 2.32. The second-order valence-electron chi connectivity index (χ2n) is 3.88. The first-order chi connectivity index (χ1) is 8.58. The molecule has 0 radical (unpaired) electrons. The van der Waals surface area contributed by atoms with Crippen molar-refractivity contribution in [2.45, 2.75) is 6.92 Å². The van der Waals surface area contributed by atoms with Crippen molar-refractivity contribution in [3.63, 3.8) is 0 Å². The fraction of sp³-hybridized carbons (Fsp3) is 0.0769. The van der Waals surface area contributed by atoms with Crippen LogP contribution >= 0.6 is 15.9 Å². The Bertz CT molecular complexity index is 599. The molecule has 0 aliphatic carbocycles. The van der Waals surface area contributed by atoms with E-state index in [9.17, 15) is 4.79 Å². The molecule has 1 heterocycles. The lowest BCUT2D eigenvalue weighted by molar-refractivity contribution is 0.102. The highest BCUT2D eigenvalue weighted by Crippen LogP contribution is 2.20. The summed E-state index contributed by atoms with van der Waals surface area (Å²) in [6.07, 6.45) is 1.61. The molecule has 0 fully saturated rings. The Kier molecular flexibility index (Phi) is 3.62. The number of aromatic nitrogens is 1. The molecule has 4 nitrogen and oxygen atoms in total. The van der Waals surface area contributed by atoms with Crippen molar-refractivity contribution < 1.29 is 4.79 Å². The van der Waals surface area contributed by atoms with Gasteiger partial charge in [-0.15, -0.1) is 0 Å². The Balaban J connectivity index is 2.25. The highest BCUT2D eigenvalue weighted by atomic mass is 79.9. The van der Waals surface area contributed by atoms with E-state index >= 15 is 0 Å². The average molecular weight is 306 g/mol. The van der Waals surface area contributed by atoms with Gasteiger partial charge in [-0.2, -0.15) is 0 Å². The van der Waals surface area contributed by atoms with Gasteiger partial charge in [-0.25, -0.2) is 4.98 Å². The van der Waals surface area contributed by atoms with Crippen LogP contribution in [-0.4, -0.2) is 10.9 Å². The van der Waals surface area contributed by atoms with Crippen LogP contribution in [0.3, 0.4) is 0 Å². The SMILES string of the molecule is Cc1ccc(C(=O)Nc2ncccc2Br)c(N)c1. The van der Waals surface area contributed by atoms with Crippen molar-refractivity contribution in [1.82, 2.24) is 4.98 Å². The molecule has 1 aromatic carbocycles. The molecule has 5 heteroatoms. The fourth-order valence-corrected chi connectivity index (χ4v) is 1.90. The molecule has 0 saturated heterocycles. The maximum Gasteiger partial charge on any atom is 0.258 e. The number of carbonyl (C=O) groups is 1. The Morgan fingerprint density at radius 1 is 1.39 bits per heavy atom. The van der Waals surface area contributed by atoms with E-state index in [0.717, 1.165) is 10.0 Å². The Morgan fingerprint density at radius 3 is 2.83 bits per heavy atom. The molecule has 18 heavy (non-hydrogen) atoms. The van der Waals surface area contributed by atoms with Crippen molar-refractivity contribution in [2.75, 3.05) is 11.1 Å². The zero-order valence-corrected chi connectivity index (χ0v) is 11.4. The number of rotatable bonds is 2. The van der Waals surface area contributed by atoms with Crippen LogP contribution in [-0.2, 0) is 0 Å². The summed E-state index contributed by atoms with van der Waals surface area (Å²) in [5.41, 5.74) is 7.74. The van der Waals surface area contributed by atoms with Crippen LogP contribution in [0.5, 0.6) is 0 Å². The van der Waals surface area contributed by atoms with Crippen LogP contribution < -0.4 is 11.1 Å². The molecular weight excluding hydrogens is 294 g/mol. The van der Waals surface area contributed by atoms with Gasteiger partial charge in [0.05, 0.1) is 10.0 Å². The quantitative estimate of drug-likeness (QED) is 0.838. The van der Waals surface area contributed by atoms with Gasteiger partial charge in [0.1, 0.15) is 5.82 Å². The van der Waals surface area contributed by atoms with Gasteiger partial charge in [0.25, 0.3) is 5.91 Å². The van der Waals surface area contributed by atoms with Gasteiger partial charge in [0.2, 0.25) is 0 Å². The van der Waals surface area contributed by atoms with Crippen LogP contribution in [0.4, 0.5) is 11.5 Å². The fourth-order valence-electron chi connectivity index (χ4n) is 1.54. The first-order valence-electron chi connectivity index (χ1n) is 5.36. The third-order valence-electron chi connectivity index (χ3n) is 2.44. The molecule has 0 aliphatic rings. The molecule has 1 aromatic heterocycles. The van der Waals surface area contributed by atoms with Crippen molar-refractivity contribution in [1.29, 1.82) is 0 Å². The Labute approximate surface area is 113 Å². The monoisotopic (exact) mass is 305 g/mol. The lowest BCUT2D eigenvalue weighted by Crippen LogP contribution is -2.15. The van der Waals surface area contributed by atoms with E-state index in [1.165, 1.54) is 0 Å². The standard InChI is InChI=1S/C13H12BrN3O/c1-8-4-5-9(11(15)7-8)13(18)17-12-10(14)3-2-6-16-12/h2-7H,15H2,1H3,(H,16,17,18). The predicted molar refractivity (Wildman–Crippen MR) is 75.5 cm³/mol. The number of aryl methyl sites for hydroxylation is 1. The van der Waals surface area contributed by atoms with Gasteiger partial charge < -0.3 is 11.1 Å². The molecule has 1 amide bonds. The number of anilines is 2. The maximum absolute atomic E-state index is 12.0. The molecule has 2 aromatic rings. The number of hydrogen-bond donors (Lipinski definition) is 2. The minimum Gasteiger partial charge on any atom is -0.398 e. The largest absolute Gasteiger partial charge is 0.398 e. The number of benzene rings is 1. The second-order valence-corrected chi connectivity index (χ2v) is 4.73. The van der Waals surface area contributed by atoms with Crippen molar-refractivity contribution in [3.8, 4) is 0 Å². The smallest absolute Gasteiger partial charge is 0.258 e. The number of carbonyl (C=O) groups excluding carboxylic acids is 1. The number of pyridine rings is 1. The summed E-state index contributed by atoms with van der Waals surface area (Å²) >= 11 is 3.32. The summed E-state index contributed by atoms with van der Waals surface area (Å²) in [7, 11) is 0. The Morgan fingerprint density at radius 2 is 2.17 bits per heavy atom. The van der Waals surface area contributed by atoms with Crippen molar-refractivity contribution in [2.24, 2.45) is 0 Å². The number of amides is 1. The highest BCUT2D eigenvalue weighted by Gasteiger charge is 2.11. The summed E-state index contributed by atoms with van der Waals surface area (Å²) in [6.45, 7) is 1.92. The number of nitrogens with one attached hydrogen (secondary N) is 1. The molecule has 0 aliphatic heterocycles. The van der Waals surface area contributed by atoms with Crippen molar-refractivity contribution >= 4 is 33.3 Å². The van der Waals surface area contributed by atoms with Gasteiger partial charge in [0.15, 0.2) is 0 Å². The Hall–Kier alpha value is -1.88. The first kappa shape index (κ1) is 12.6. The van der Waals surface area contributed by atoms with E-state index in [0.29, 0.717) is 17.1 Å². The van der Waals surface area contributed by atoms with Crippen molar-refractivity contribution in [3.05, 3.63) is 52.1 Å². The van der Waals surface area contributed by atoms with E-state index < -0.39 is 0 Å². The highest BCUT2D eigenvalue weighted by molar-refractivity contribution is 9.10. The molecule has 2 rings (SSSR count). The lowest BCUT2D eigenvalue weighted by atomic mass is 10.1. The summed E-state index contributed by atoms with van der Waals surface area (Å²) in [5, 5.41) is 2.71. The van der Waals surface area contributed by atoms with Crippen LogP contribution in [0, 0.1) is 6.92 Å². The van der Waals surface area contributed by atoms with Gasteiger partial charge in [-0.1, -0.05) is 6.07 Å². The molecule has 0 atom stereocenters. The summed E-state index contributed by atoms with van der Waals surface area (Å²) in [5.74, 6) is 0.203. The third-order valence-corrected chi connectivity index (χ3v) is 3.08. The topological polar surface area (TPSA) is 68.0 Å². The molecular formula is C13H12BrN3O. The number of nitrogen functional groups attached to an aromatic ring is 1. The molecule has 92 valence electrons. The summed E-state index contributed by atoms with van der Waals surface area (Å²) in [4.78, 5) is 16.1. The maximum atomic E-state index is 12.0. The summed E-state index contributed by atoms with van der Waals surface area (Å²) in [6, 6.07) is 8.90. The van der Waals surface area contributed by atoms with E-state index in [1.807, 2.05) is 13.0 Å². The zero-order valence-electron chi connectivity index (χ0n) is 9.77. The minimum absolute atomic E-state index is 0.271.